The number of carbonyl (C=O) groups is 1. The van der Waals surface area contributed by atoms with Crippen LogP contribution in [0.2, 0.25) is 0 Å². The van der Waals surface area contributed by atoms with Crippen molar-refractivity contribution in [3.05, 3.63) is 22.4 Å². The minimum Gasteiger partial charge on any atom is -0.444 e. The predicted octanol–water partition coefficient (Wildman–Crippen LogP) is 3.20. The molecule has 1 atom stereocenters. The molecular formula is C15H25NO3S. The van der Waals surface area contributed by atoms with E-state index in [1.165, 1.54) is 5.56 Å². The highest BCUT2D eigenvalue weighted by Crippen LogP contribution is 2.23. The topological polar surface area (TPSA) is 58.6 Å². The van der Waals surface area contributed by atoms with Crippen LogP contribution in [0.15, 0.2) is 16.8 Å². The molecule has 1 heterocycles. The Kier molecular flexibility index (Phi) is 6.02. The lowest BCUT2D eigenvalue weighted by Gasteiger charge is -2.28. The lowest BCUT2D eigenvalue weighted by atomic mass is 9.85. The van der Waals surface area contributed by atoms with Gasteiger partial charge in [0.1, 0.15) is 5.60 Å². The Labute approximate surface area is 125 Å². The molecular weight excluding hydrogens is 274 g/mol. The maximum Gasteiger partial charge on any atom is 0.407 e. The number of aryl methyl sites for hydroxylation is 1. The van der Waals surface area contributed by atoms with Gasteiger partial charge in [0.25, 0.3) is 0 Å². The molecule has 0 fully saturated rings. The van der Waals surface area contributed by atoms with Crippen LogP contribution >= 0.6 is 11.3 Å². The molecule has 5 heteroatoms. The van der Waals surface area contributed by atoms with Gasteiger partial charge in [-0.2, -0.15) is 11.3 Å². The number of hydrogen-bond acceptors (Lipinski definition) is 4. The summed E-state index contributed by atoms with van der Waals surface area (Å²) in [4.78, 5) is 11.6. The number of rotatable bonds is 6. The summed E-state index contributed by atoms with van der Waals surface area (Å²) in [6.07, 6.45) is 1.28. The van der Waals surface area contributed by atoms with E-state index in [2.05, 4.69) is 16.8 Å². The summed E-state index contributed by atoms with van der Waals surface area (Å²) >= 11 is 1.67. The van der Waals surface area contributed by atoms with E-state index in [0.717, 1.165) is 12.8 Å². The number of alkyl carbamates (subject to hydrolysis) is 1. The summed E-state index contributed by atoms with van der Waals surface area (Å²) in [7, 11) is 0. The first-order valence-corrected chi connectivity index (χ1v) is 7.77. The summed E-state index contributed by atoms with van der Waals surface area (Å²) in [5, 5.41) is 16.5. The van der Waals surface area contributed by atoms with E-state index in [-0.39, 0.29) is 12.0 Å². The summed E-state index contributed by atoms with van der Waals surface area (Å²) < 4.78 is 5.20. The standard InChI is InChI=1S/C15H25NO3S/c1-14(2,3)19-13(18)16-10-15(4,11-17)7-5-12-6-8-20-9-12/h6,8-9,17H,5,7,10-11H2,1-4H3,(H,16,18). The maximum atomic E-state index is 11.6. The summed E-state index contributed by atoms with van der Waals surface area (Å²) in [5.74, 6) is 0. The van der Waals surface area contributed by atoms with Gasteiger partial charge in [-0.1, -0.05) is 6.92 Å². The van der Waals surface area contributed by atoms with E-state index in [1.807, 2.05) is 33.1 Å². The van der Waals surface area contributed by atoms with Gasteiger partial charge in [0, 0.05) is 12.0 Å². The third-order valence-electron chi connectivity index (χ3n) is 3.04. The van der Waals surface area contributed by atoms with E-state index in [0.29, 0.717) is 6.54 Å². The van der Waals surface area contributed by atoms with E-state index >= 15 is 0 Å². The van der Waals surface area contributed by atoms with Gasteiger partial charge in [0.15, 0.2) is 0 Å². The van der Waals surface area contributed by atoms with Crippen molar-refractivity contribution in [2.75, 3.05) is 13.2 Å². The predicted molar refractivity (Wildman–Crippen MR) is 82.1 cm³/mol. The number of aliphatic hydroxyl groups is 1. The first-order valence-electron chi connectivity index (χ1n) is 6.83. The van der Waals surface area contributed by atoms with Crippen LogP contribution in [0.4, 0.5) is 4.79 Å². The highest BCUT2D eigenvalue weighted by atomic mass is 32.1. The fourth-order valence-corrected chi connectivity index (χ4v) is 2.41. The van der Waals surface area contributed by atoms with Gasteiger partial charge >= 0.3 is 6.09 Å². The van der Waals surface area contributed by atoms with Crippen molar-refractivity contribution in [2.24, 2.45) is 5.41 Å². The second kappa shape index (κ2) is 7.09. The molecule has 0 aliphatic carbocycles. The zero-order valence-corrected chi connectivity index (χ0v) is 13.5. The number of amides is 1. The summed E-state index contributed by atoms with van der Waals surface area (Å²) in [6, 6.07) is 2.09. The maximum absolute atomic E-state index is 11.6. The Hall–Kier alpha value is -1.07. The zero-order valence-electron chi connectivity index (χ0n) is 12.7. The van der Waals surface area contributed by atoms with Gasteiger partial charge in [0.2, 0.25) is 0 Å². The fraction of sp³-hybridized carbons (Fsp3) is 0.667. The van der Waals surface area contributed by atoms with Gasteiger partial charge in [-0.25, -0.2) is 4.79 Å². The number of aliphatic hydroxyl groups excluding tert-OH is 1. The molecule has 0 aliphatic heterocycles. The first-order chi connectivity index (χ1) is 9.24. The van der Waals surface area contributed by atoms with Crippen molar-refractivity contribution < 1.29 is 14.6 Å². The normalized spacial score (nSPS) is 14.7. The highest BCUT2D eigenvalue weighted by molar-refractivity contribution is 7.07. The molecule has 0 saturated carbocycles. The Morgan fingerprint density at radius 2 is 2.10 bits per heavy atom. The average molecular weight is 299 g/mol. The van der Waals surface area contributed by atoms with Gasteiger partial charge in [0.05, 0.1) is 6.61 Å². The smallest absolute Gasteiger partial charge is 0.407 e. The van der Waals surface area contributed by atoms with Gasteiger partial charge in [-0.15, -0.1) is 0 Å². The Bertz CT molecular complexity index is 411. The van der Waals surface area contributed by atoms with E-state index in [1.54, 1.807) is 11.3 Å². The molecule has 0 bridgehead atoms. The molecule has 1 amide bonds. The first kappa shape index (κ1) is 17.0. The Balaban J connectivity index is 2.42. The van der Waals surface area contributed by atoms with Crippen molar-refractivity contribution >= 4 is 17.4 Å². The largest absolute Gasteiger partial charge is 0.444 e. The van der Waals surface area contributed by atoms with Gasteiger partial charge < -0.3 is 15.2 Å². The Morgan fingerprint density at radius 1 is 1.40 bits per heavy atom. The third kappa shape index (κ3) is 6.39. The van der Waals surface area contributed by atoms with Gasteiger partial charge in [-0.3, -0.25) is 0 Å². The zero-order chi connectivity index (χ0) is 15.2. The highest BCUT2D eigenvalue weighted by Gasteiger charge is 2.25. The Morgan fingerprint density at radius 3 is 2.60 bits per heavy atom. The fourth-order valence-electron chi connectivity index (χ4n) is 1.70. The quantitative estimate of drug-likeness (QED) is 0.848. The second-order valence-corrected chi connectivity index (χ2v) is 7.24. The molecule has 0 radical (unpaired) electrons. The lowest BCUT2D eigenvalue weighted by Crippen LogP contribution is -2.41. The number of ether oxygens (including phenoxy) is 1. The number of thiophene rings is 1. The van der Waals surface area contributed by atoms with Crippen LogP contribution in [-0.4, -0.2) is 30.0 Å². The second-order valence-electron chi connectivity index (χ2n) is 6.46. The van der Waals surface area contributed by atoms with Crippen LogP contribution < -0.4 is 5.32 Å². The molecule has 1 aromatic rings. The molecule has 20 heavy (non-hydrogen) atoms. The molecule has 1 unspecified atom stereocenters. The van der Waals surface area contributed by atoms with E-state index < -0.39 is 11.7 Å². The molecule has 0 spiro atoms. The van der Waals surface area contributed by atoms with Crippen LogP contribution in [0.5, 0.6) is 0 Å². The molecule has 114 valence electrons. The molecule has 4 nitrogen and oxygen atoms in total. The van der Waals surface area contributed by atoms with Crippen LogP contribution in [0, 0.1) is 5.41 Å². The van der Waals surface area contributed by atoms with Crippen LogP contribution in [-0.2, 0) is 11.2 Å². The minimum absolute atomic E-state index is 0.0347. The minimum atomic E-state index is -0.504. The lowest BCUT2D eigenvalue weighted by molar-refractivity contribution is 0.0473. The van der Waals surface area contributed by atoms with Crippen molar-refractivity contribution in [3.63, 3.8) is 0 Å². The monoisotopic (exact) mass is 299 g/mol. The van der Waals surface area contributed by atoms with Crippen molar-refractivity contribution in [2.45, 2.75) is 46.1 Å². The summed E-state index contributed by atoms with van der Waals surface area (Å²) in [5.41, 5.74) is 0.432. The van der Waals surface area contributed by atoms with Crippen molar-refractivity contribution in [1.82, 2.24) is 5.32 Å². The van der Waals surface area contributed by atoms with E-state index in [9.17, 15) is 9.90 Å². The molecule has 0 saturated heterocycles. The molecule has 1 rings (SSSR count). The molecule has 1 aromatic heterocycles. The molecule has 0 aromatic carbocycles. The SMILES string of the molecule is CC(CO)(CCc1ccsc1)CNC(=O)OC(C)(C)C. The van der Waals surface area contributed by atoms with Crippen LogP contribution in [0.25, 0.3) is 0 Å². The van der Waals surface area contributed by atoms with Crippen LogP contribution in [0.1, 0.15) is 39.7 Å². The average Bonchev–Trinajstić information content (AvgIpc) is 2.85. The van der Waals surface area contributed by atoms with Crippen molar-refractivity contribution in [3.8, 4) is 0 Å². The van der Waals surface area contributed by atoms with E-state index in [4.69, 9.17) is 4.74 Å². The van der Waals surface area contributed by atoms with Crippen LogP contribution in [0.3, 0.4) is 0 Å². The molecule has 0 aliphatic rings. The number of hydrogen-bond donors (Lipinski definition) is 2. The molecule has 2 N–H and O–H groups in total. The number of nitrogens with one attached hydrogen (secondary N) is 1. The number of carbonyl (C=O) groups excluding carboxylic acids is 1. The summed E-state index contributed by atoms with van der Waals surface area (Å²) in [6.45, 7) is 7.89. The van der Waals surface area contributed by atoms with Crippen molar-refractivity contribution in [1.29, 1.82) is 0 Å². The third-order valence-corrected chi connectivity index (χ3v) is 3.77. The van der Waals surface area contributed by atoms with Gasteiger partial charge in [-0.05, 0) is 56.0 Å².